The number of hydrogen-bond donors (Lipinski definition) is 1. The lowest BCUT2D eigenvalue weighted by Crippen LogP contribution is -2.08. The molecule has 0 spiro atoms. The molecule has 2 heterocycles. The van der Waals surface area contributed by atoms with Crippen LogP contribution >= 0.6 is 15.9 Å². The molecule has 21 heavy (non-hydrogen) atoms. The Morgan fingerprint density at radius 1 is 1.24 bits per heavy atom. The number of anilines is 1. The maximum Gasteiger partial charge on any atom is 0.249 e. The van der Waals surface area contributed by atoms with Gasteiger partial charge in [-0.15, -0.1) is 0 Å². The molecule has 3 rings (SSSR count). The molecule has 106 valence electrons. The Bertz CT molecular complexity index is 716. The van der Waals surface area contributed by atoms with Gasteiger partial charge in [-0.3, -0.25) is 4.79 Å². The van der Waals surface area contributed by atoms with E-state index in [1.54, 1.807) is 24.3 Å². The first kappa shape index (κ1) is 13.6. The fourth-order valence-corrected chi connectivity index (χ4v) is 2.18. The second-order valence-electron chi connectivity index (χ2n) is 4.28. The summed E-state index contributed by atoms with van der Waals surface area (Å²) in [6.07, 6.45) is 3.15. The molecule has 0 radical (unpaired) electrons. The van der Waals surface area contributed by atoms with Crippen molar-refractivity contribution in [2.45, 2.75) is 0 Å². The Labute approximate surface area is 129 Å². The molecule has 1 N–H and O–H groups in total. The molecule has 1 aromatic carbocycles. The summed E-state index contributed by atoms with van der Waals surface area (Å²) in [5, 5.41) is 2.68. The smallest absolute Gasteiger partial charge is 0.249 e. The summed E-state index contributed by atoms with van der Waals surface area (Å²) >= 11 is 3.25. The van der Waals surface area contributed by atoms with Crippen LogP contribution in [0.1, 0.15) is 5.56 Å². The summed E-state index contributed by atoms with van der Waals surface area (Å²) < 4.78 is 11.2. The summed E-state index contributed by atoms with van der Waals surface area (Å²) in [6, 6.07) is 10.8. The molecule has 1 aliphatic rings. The third-order valence-corrected chi connectivity index (χ3v) is 3.23. The van der Waals surface area contributed by atoms with Gasteiger partial charge in [0.15, 0.2) is 11.5 Å². The molecule has 1 aromatic heterocycles. The molecular formula is C15H11BrN2O3. The van der Waals surface area contributed by atoms with Crippen molar-refractivity contribution in [3.05, 3.63) is 52.6 Å². The van der Waals surface area contributed by atoms with E-state index in [4.69, 9.17) is 9.47 Å². The maximum absolute atomic E-state index is 11.8. The number of rotatable bonds is 3. The molecule has 2 aromatic rings. The predicted octanol–water partition coefficient (Wildman–Crippen LogP) is 3.22. The maximum atomic E-state index is 11.8. The number of carbonyl (C=O) groups excluding carboxylic acids is 1. The van der Waals surface area contributed by atoms with Crippen molar-refractivity contribution in [3.63, 3.8) is 0 Å². The van der Waals surface area contributed by atoms with E-state index in [0.717, 1.165) is 11.3 Å². The lowest BCUT2D eigenvalue weighted by atomic mass is 10.2. The van der Waals surface area contributed by atoms with E-state index in [0.29, 0.717) is 16.2 Å². The largest absolute Gasteiger partial charge is 0.454 e. The first-order chi connectivity index (χ1) is 10.2. The molecule has 5 nitrogen and oxygen atoms in total. The van der Waals surface area contributed by atoms with Crippen LogP contribution in [0.2, 0.25) is 0 Å². The Morgan fingerprint density at radius 3 is 2.95 bits per heavy atom. The molecule has 1 aliphatic heterocycles. The van der Waals surface area contributed by atoms with E-state index < -0.39 is 0 Å². The monoisotopic (exact) mass is 346 g/mol. The third kappa shape index (κ3) is 3.41. The van der Waals surface area contributed by atoms with E-state index in [2.05, 4.69) is 26.2 Å². The van der Waals surface area contributed by atoms with E-state index >= 15 is 0 Å². The topological polar surface area (TPSA) is 60.5 Å². The summed E-state index contributed by atoms with van der Waals surface area (Å²) in [5.74, 6) is 1.64. The highest BCUT2D eigenvalue weighted by molar-refractivity contribution is 9.10. The van der Waals surface area contributed by atoms with Gasteiger partial charge in [0.25, 0.3) is 0 Å². The zero-order chi connectivity index (χ0) is 14.7. The quantitative estimate of drug-likeness (QED) is 0.684. The second kappa shape index (κ2) is 5.97. The fraction of sp³-hybridized carbons (Fsp3) is 0.0667. The fourth-order valence-electron chi connectivity index (χ4n) is 1.83. The van der Waals surface area contributed by atoms with Gasteiger partial charge in [-0.25, -0.2) is 4.98 Å². The zero-order valence-corrected chi connectivity index (χ0v) is 12.5. The highest BCUT2D eigenvalue weighted by Gasteiger charge is 2.12. The van der Waals surface area contributed by atoms with Crippen LogP contribution in [0.4, 0.5) is 5.82 Å². The number of halogens is 1. The molecule has 0 saturated carbocycles. The van der Waals surface area contributed by atoms with E-state index in [9.17, 15) is 4.79 Å². The molecule has 0 fully saturated rings. The lowest BCUT2D eigenvalue weighted by molar-refractivity contribution is -0.111. The predicted molar refractivity (Wildman–Crippen MR) is 82.2 cm³/mol. The summed E-state index contributed by atoms with van der Waals surface area (Å²) in [5.41, 5.74) is 0.858. The first-order valence-electron chi connectivity index (χ1n) is 6.22. The number of aromatic nitrogens is 1. The van der Waals surface area contributed by atoms with Gasteiger partial charge < -0.3 is 14.8 Å². The van der Waals surface area contributed by atoms with E-state index in [-0.39, 0.29) is 12.7 Å². The first-order valence-corrected chi connectivity index (χ1v) is 7.01. The van der Waals surface area contributed by atoms with Crippen molar-refractivity contribution < 1.29 is 14.3 Å². The van der Waals surface area contributed by atoms with Gasteiger partial charge in [0.2, 0.25) is 12.7 Å². The van der Waals surface area contributed by atoms with Crippen LogP contribution in [0.25, 0.3) is 6.08 Å². The summed E-state index contributed by atoms with van der Waals surface area (Å²) in [4.78, 5) is 16.0. The van der Waals surface area contributed by atoms with Crippen LogP contribution < -0.4 is 14.8 Å². The van der Waals surface area contributed by atoms with Crippen molar-refractivity contribution in [3.8, 4) is 11.5 Å². The number of amides is 1. The van der Waals surface area contributed by atoms with Crippen LogP contribution in [-0.2, 0) is 4.79 Å². The molecule has 0 aliphatic carbocycles. The van der Waals surface area contributed by atoms with Crippen molar-refractivity contribution in [2.24, 2.45) is 0 Å². The number of carbonyl (C=O) groups is 1. The van der Waals surface area contributed by atoms with Gasteiger partial charge in [-0.05, 0) is 51.8 Å². The number of nitrogens with zero attached hydrogens (tertiary/aromatic N) is 1. The number of ether oxygens (including phenoxy) is 2. The lowest BCUT2D eigenvalue weighted by Gasteiger charge is -2.01. The minimum atomic E-state index is -0.252. The van der Waals surface area contributed by atoms with Crippen LogP contribution in [0, 0.1) is 0 Å². The van der Waals surface area contributed by atoms with E-state index in [1.165, 1.54) is 6.08 Å². The number of fused-ring (bicyclic) bond motifs is 1. The number of nitrogens with one attached hydrogen (secondary N) is 1. The SMILES string of the molecule is O=C(/C=C/c1ccc2c(c1)OCO2)Nc1cccc(Br)n1. The molecule has 0 atom stereocenters. The molecule has 1 amide bonds. The van der Waals surface area contributed by atoms with Crippen LogP contribution in [0.5, 0.6) is 11.5 Å². The number of hydrogen-bond acceptors (Lipinski definition) is 4. The van der Waals surface area contributed by atoms with Gasteiger partial charge in [-0.1, -0.05) is 12.1 Å². The minimum Gasteiger partial charge on any atom is -0.454 e. The molecule has 0 bridgehead atoms. The minimum absolute atomic E-state index is 0.234. The molecule has 0 saturated heterocycles. The highest BCUT2D eigenvalue weighted by atomic mass is 79.9. The van der Waals surface area contributed by atoms with Crippen LogP contribution in [-0.4, -0.2) is 17.7 Å². The molecule has 0 unspecified atom stereocenters. The van der Waals surface area contributed by atoms with Crippen LogP contribution in [0.15, 0.2) is 47.1 Å². The van der Waals surface area contributed by atoms with Gasteiger partial charge in [0.05, 0.1) is 0 Å². The zero-order valence-electron chi connectivity index (χ0n) is 10.9. The van der Waals surface area contributed by atoms with Gasteiger partial charge >= 0.3 is 0 Å². The Morgan fingerprint density at radius 2 is 2.10 bits per heavy atom. The molecule has 6 heteroatoms. The van der Waals surface area contributed by atoms with E-state index in [1.807, 2.05) is 18.2 Å². The third-order valence-electron chi connectivity index (χ3n) is 2.79. The normalized spacial score (nSPS) is 12.6. The van der Waals surface area contributed by atoms with Gasteiger partial charge in [-0.2, -0.15) is 0 Å². The van der Waals surface area contributed by atoms with Crippen LogP contribution in [0.3, 0.4) is 0 Å². The van der Waals surface area contributed by atoms with Gasteiger partial charge in [0.1, 0.15) is 10.4 Å². The molecular weight excluding hydrogens is 336 g/mol. The van der Waals surface area contributed by atoms with Gasteiger partial charge in [0, 0.05) is 6.08 Å². The second-order valence-corrected chi connectivity index (χ2v) is 5.09. The Hall–Kier alpha value is -2.34. The number of pyridine rings is 1. The Balaban J connectivity index is 1.67. The van der Waals surface area contributed by atoms with Crippen molar-refractivity contribution >= 4 is 33.7 Å². The highest BCUT2D eigenvalue weighted by Crippen LogP contribution is 2.32. The van der Waals surface area contributed by atoms with Crippen molar-refractivity contribution in [1.29, 1.82) is 0 Å². The standard InChI is InChI=1S/C15H11BrN2O3/c16-13-2-1-3-14(17-13)18-15(19)7-5-10-4-6-11-12(8-10)21-9-20-11/h1-8H,9H2,(H,17,18,19)/b7-5+. The number of benzene rings is 1. The Kier molecular flexibility index (Phi) is 3.87. The summed E-state index contributed by atoms with van der Waals surface area (Å²) in [6.45, 7) is 0.234. The summed E-state index contributed by atoms with van der Waals surface area (Å²) in [7, 11) is 0. The average Bonchev–Trinajstić information content (AvgIpc) is 2.92. The van der Waals surface area contributed by atoms with Crippen molar-refractivity contribution in [2.75, 3.05) is 12.1 Å². The van der Waals surface area contributed by atoms with Crippen molar-refractivity contribution in [1.82, 2.24) is 4.98 Å². The average molecular weight is 347 g/mol.